The summed E-state index contributed by atoms with van der Waals surface area (Å²) in [5.74, 6) is -0.901. The SMILES string of the molecule is CCOC(=O)c1c(-c2ccco2)csc1NC(=O)CCn1c(=O)oc2ccccc21. The summed E-state index contributed by atoms with van der Waals surface area (Å²) >= 11 is 1.21. The number of carbonyl (C=O) groups excluding carboxylic acids is 2. The molecule has 154 valence electrons. The van der Waals surface area contributed by atoms with E-state index in [1.807, 2.05) is 0 Å². The highest BCUT2D eigenvalue weighted by Crippen LogP contribution is 2.36. The fourth-order valence-corrected chi connectivity index (χ4v) is 4.05. The molecule has 3 aromatic heterocycles. The average molecular weight is 426 g/mol. The minimum absolute atomic E-state index is 0.0275. The smallest absolute Gasteiger partial charge is 0.419 e. The highest BCUT2D eigenvalue weighted by molar-refractivity contribution is 7.15. The molecule has 0 aliphatic heterocycles. The van der Waals surface area contributed by atoms with Crippen LogP contribution in [-0.2, 0) is 16.1 Å². The Kier molecular flexibility index (Phi) is 5.53. The lowest BCUT2D eigenvalue weighted by Crippen LogP contribution is -2.20. The van der Waals surface area contributed by atoms with Crippen molar-refractivity contribution in [3.63, 3.8) is 0 Å². The highest BCUT2D eigenvalue weighted by Gasteiger charge is 2.24. The standard InChI is InChI=1S/C21H18N2O6S/c1-2-27-20(25)18-13(15-8-5-11-28-15)12-30-19(18)22-17(24)9-10-23-14-6-3-4-7-16(14)29-21(23)26/h3-8,11-12H,2,9-10H2,1H3,(H,22,24). The summed E-state index contributed by atoms with van der Waals surface area (Å²) in [6, 6.07) is 10.5. The third-order valence-corrected chi connectivity index (χ3v) is 5.34. The van der Waals surface area contributed by atoms with Crippen molar-refractivity contribution in [2.24, 2.45) is 0 Å². The zero-order chi connectivity index (χ0) is 21.1. The van der Waals surface area contributed by atoms with Crippen molar-refractivity contribution in [1.29, 1.82) is 0 Å². The number of para-hydroxylation sites is 2. The quantitative estimate of drug-likeness (QED) is 0.446. The first kappa shape index (κ1) is 19.7. The van der Waals surface area contributed by atoms with Crippen LogP contribution in [0.5, 0.6) is 0 Å². The Morgan fingerprint density at radius 3 is 2.80 bits per heavy atom. The summed E-state index contributed by atoms with van der Waals surface area (Å²) in [6.45, 7) is 2.06. The van der Waals surface area contributed by atoms with Crippen LogP contribution >= 0.6 is 11.3 Å². The van der Waals surface area contributed by atoms with Gasteiger partial charge in [0.25, 0.3) is 0 Å². The number of rotatable bonds is 7. The minimum atomic E-state index is -0.544. The van der Waals surface area contributed by atoms with Crippen LogP contribution in [0.2, 0.25) is 0 Å². The Morgan fingerprint density at radius 1 is 1.20 bits per heavy atom. The fraction of sp³-hybridized carbons (Fsp3) is 0.190. The number of thiophene rings is 1. The van der Waals surface area contributed by atoms with Crippen molar-refractivity contribution in [3.8, 4) is 11.3 Å². The van der Waals surface area contributed by atoms with Crippen LogP contribution in [0.25, 0.3) is 22.4 Å². The Balaban J connectivity index is 1.53. The van der Waals surface area contributed by atoms with Gasteiger partial charge >= 0.3 is 11.7 Å². The highest BCUT2D eigenvalue weighted by atomic mass is 32.1. The number of ether oxygens (including phenoxy) is 1. The molecule has 0 saturated carbocycles. The number of benzene rings is 1. The van der Waals surface area contributed by atoms with Crippen molar-refractivity contribution in [2.45, 2.75) is 19.9 Å². The number of nitrogens with zero attached hydrogens (tertiary/aromatic N) is 1. The van der Waals surface area contributed by atoms with Gasteiger partial charge in [-0.2, -0.15) is 0 Å². The molecule has 0 bridgehead atoms. The second-order valence-electron chi connectivity index (χ2n) is 6.34. The van der Waals surface area contributed by atoms with Gasteiger partial charge in [-0.25, -0.2) is 9.59 Å². The predicted octanol–water partition coefficient (Wildman–Crippen LogP) is 4.12. The number of furan rings is 1. The van der Waals surface area contributed by atoms with E-state index in [1.54, 1.807) is 48.7 Å². The predicted molar refractivity (Wildman–Crippen MR) is 112 cm³/mol. The van der Waals surface area contributed by atoms with Crippen molar-refractivity contribution in [3.05, 3.63) is 64.2 Å². The van der Waals surface area contributed by atoms with Crippen LogP contribution in [0.1, 0.15) is 23.7 Å². The van der Waals surface area contributed by atoms with Gasteiger partial charge in [-0.15, -0.1) is 11.3 Å². The van der Waals surface area contributed by atoms with Gasteiger partial charge in [0.05, 0.1) is 18.4 Å². The van der Waals surface area contributed by atoms with E-state index in [0.29, 0.717) is 27.4 Å². The maximum absolute atomic E-state index is 12.6. The van der Waals surface area contributed by atoms with E-state index in [4.69, 9.17) is 13.6 Å². The first-order chi connectivity index (χ1) is 14.6. The molecule has 1 aromatic carbocycles. The molecular weight excluding hydrogens is 408 g/mol. The summed E-state index contributed by atoms with van der Waals surface area (Å²) in [6.07, 6.45) is 1.53. The summed E-state index contributed by atoms with van der Waals surface area (Å²) in [5, 5.41) is 4.85. The summed E-state index contributed by atoms with van der Waals surface area (Å²) < 4.78 is 17.1. The lowest BCUT2D eigenvalue weighted by atomic mass is 10.1. The number of amides is 1. The fourth-order valence-electron chi connectivity index (χ4n) is 3.10. The number of nitrogens with one attached hydrogen (secondary N) is 1. The molecule has 0 fully saturated rings. The molecule has 0 saturated heterocycles. The molecule has 4 rings (SSSR count). The Hall–Kier alpha value is -3.59. The van der Waals surface area contributed by atoms with Crippen molar-refractivity contribution in [1.82, 2.24) is 4.57 Å². The van der Waals surface area contributed by atoms with Crippen LogP contribution in [0, 0.1) is 0 Å². The number of aromatic nitrogens is 1. The van der Waals surface area contributed by atoms with E-state index in [1.165, 1.54) is 22.2 Å². The number of hydrogen-bond acceptors (Lipinski definition) is 7. The van der Waals surface area contributed by atoms with Crippen LogP contribution in [0.15, 0.2) is 61.7 Å². The molecule has 4 aromatic rings. The van der Waals surface area contributed by atoms with Gasteiger partial charge in [0.15, 0.2) is 5.58 Å². The zero-order valence-corrected chi connectivity index (χ0v) is 16.9. The lowest BCUT2D eigenvalue weighted by Gasteiger charge is -2.08. The monoisotopic (exact) mass is 426 g/mol. The van der Waals surface area contributed by atoms with Gasteiger partial charge in [-0.3, -0.25) is 9.36 Å². The Bertz CT molecular complexity index is 1250. The third-order valence-electron chi connectivity index (χ3n) is 4.45. The summed E-state index contributed by atoms with van der Waals surface area (Å²) in [5.41, 5.74) is 1.89. The van der Waals surface area contributed by atoms with Crippen molar-refractivity contribution >= 4 is 39.3 Å². The normalized spacial score (nSPS) is 11.0. The van der Waals surface area contributed by atoms with Crippen molar-refractivity contribution < 1.29 is 23.2 Å². The van der Waals surface area contributed by atoms with Gasteiger partial charge in [0.2, 0.25) is 5.91 Å². The molecule has 1 amide bonds. The molecular formula is C21H18N2O6S. The Labute approximate surface area is 174 Å². The zero-order valence-electron chi connectivity index (χ0n) is 16.0. The first-order valence-corrected chi connectivity index (χ1v) is 10.2. The number of esters is 1. The van der Waals surface area contributed by atoms with Gasteiger partial charge < -0.3 is 18.9 Å². The van der Waals surface area contributed by atoms with Crippen LogP contribution in [-0.4, -0.2) is 23.1 Å². The van der Waals surface area contributed by atoms with Gasteiger partial charge in [-0.1, -0.05) is 12.1 Å². The molecule has 9 heteroatoms. The number of aryl methyl sites for hydroxylation is 1. The molecule has 30 heavy (non-hydrogen) atoms. The van der Waals surface area contributed by atoms with E-state index in [9.17, 15) is 14.4 Å². The van der Waals surface area contributed by atoms with Crippen LogP contribution in [0.4, 0.5) is 5.00 Å². The molecule has 0 spiro atoms. The van der Waals surface area contributed by atoms with Crippen LogP contribution < -0.4 is 11.1 Å². The third kappa shape index (κ3) is 3.79. The molecule has 0 unspecified atom stereocenters. The van der Waals surface area contributed by atoms with Crippen LogP contribution in [0.3, 0.4) is 0 Å². The number of carbonyl (C=O) groups is 2. The van der Waals surface area contributed by atoms with E-state index in [2.05, 4.69) is 5.32 Å². The topological polar surface area (TPSA) is 104 Å². The van der Waals surface area contributed by atoms with E-state index in [0.717, 1.165) is 0 Å². The maximum Gasteiger partial charge on any atom is 0.419 e. The van der Waals surface area contributed by atoms with Gasteiger partial charge in [-0.05, 0) is 31.2 Å². The maximum atomic E-state index is 12.6. The number of hydrogen-bond donors (Lipinski definition) is 1. The second kappa shape index (κ2) is 8.42. The first-order valence-electron chi connectivity index (χ1n) is 9.29. The second-order valence-corrected chi connectivity index (χ2v) is 7.22. The molecule has 0 atom stereocenters. The summed E-state index contributed by atoms with van der Waals surface area (Å²) in [7, 11) is 0. The number of fused-ring (bicyclic) bond motifs is 1. The molecule has 0 radical (unpaired) electrons. The molecule has 8 nitrogen and oxygen atoms in total. The van der Waals surface area contributed by atoms with Gasteiger partial charge in [0, 0.05) is 23.9 Å². The largest absolute Gasteiger partial charge is 0.464 e. The van der Waals surface area contributed by atoms with Gasteiger partial charge in [0.1, 0.15) is 16.3 Å². The number of anilines is 1. The van der Waals surface area contributed by atoms with E-state index >= 15 is 0 Å². The Morgan fingerprint density at radius 2 is 2.03 bits per heavy atom. The lowest BCUT2D eigenvalue weighted by molar-refractivity contribution is -0.116. The van der Waals surface area contributed by atoms with E-state index < -0.39 is 11.7 Å². The van der Waals surface area contributed by atoms with E-state index in [-0.39, 0.29) is 31.0 Å². The molecule has 0 aliphatic carbocycles. The molecule has 1 N–H and O–H groups in total. The molecule has 3 heterocycles. The number of oxazole rings is 1. The summed E-state index contributed by atoms with van der Waals surface area (Å²) in [4.78, 5) is 37.1. The minimum Gasteiger partial charge on any atom is -0.464 e. The van der Waals surface area contributed by atoms with Crippen molar-refractivity contribution in [2.75, 3.05) is 11.9 Å². The molecule has 0 aliphatic rings. The average Bonchev–Trinajstić information content (AvgIpc) is 3.45.